The molecule has 8 heteroatoms. The van der Waals surface area contributed by atoms with Crippen LogP contribution in [0.2, 0.25) is 0 Å². The molecule has 0 atom stereocenters. The van der Waals surface area contributed by atoms with E-state index in [9.17, 15) is 4.79 Å². The quantitative estimate of drug-likeness (QED) is 0.422. The Balaban J connectivity index is 1.40. The highest BCUT2D eigenvalue weighted by Crippen LogP contribution is 2.40. The number of fused-ring (bicyclic) bond motifs is 5. The number of aryl methyl sites for hydroxylation is 1. The zero-order chi connectivity index (χ0) is 23.8. The summed E-state index contributed by atoms with van der Waals surface area (Å²) in [4.78, 5) is 26.8. The summed E-state index contributed by atoms with van der Waals surface area (Å²) in [7, 11) is 0. The Morgan fingerprint density at radius 1 is 1.03 bits per heavy atom. The molecule has 4 aromatic rings. The van der Waals surface area contributed by atoms with Gasteiger partial charge in [-0.15, -0.1) is 0 Å². The number of imidazole rings is 1. The summed E-state index contributed by atoms with van der Waals surface area (Å²) in [5.74, 6) is 0.938. The number of pyridine rings is 2. The first-order valence-electron chi connectivity index (χ1n) is 11.9. The van der Waals surface area contributed by atoms with E-state index in [-0.39, 0.29) is 11.3 Å². The first-order chi connectivity index (χ1) is 17.2. The van der Waals surface area contributed by atoms with Crippen LogP contribution in [0.5, 0.6) is 5.75 Å². The molecule has 1 aliphatic heterocycles. The maximum absolute atomic E-state index is 15.3. The molecule has 1 saturated carbocycles. The molecular formula is C27H24FN5O2. The van der Waals surface area contributed by atoms with Crippen LogP contribution in [-0.2, 0) is 6.54 Å². The van der Waals surface area contributed by atoms with Crippen molar-refractivity contribution in [3.8, 4) is 28.4 Å². The number of ether oxygens (including phenoxy) is 1. The number of hydrogen-bond acceptors (Lipinski definition) is 5. The number of anilines is 1. The number of rotatable bonds is 2. The zero-order valence-corrected chi connectivity index (χ0v) is 19.1. The van der Waals surface area contributed by atoms with Crippen molar-refractivity contribution in [3.05, 3.63) is 78.1 Å². The molecule has 3 aromatic heterocycles. The average molecular weight is 470 g/mol. The minimum absolute atomic E-state index is 0.219. The standard InChI is InChI=1S/C27H24FN5O2/c28-21-16-24-20(15-19(21)18-8-9-29-23(14-18)17-6-7-17)27(34)32-25-5-3-4-22(31-25)26-30-10-12-33(26)11-1-2-13-35-24/h3-5,8-10,12,14-17H,1-2,6-7,11,13H2,(H,31,32,34). The number of hydrogen-bond donors (Lipinski definition) is 1. The molecule has 1 aromatic carbocycles. The van der Waals surface area contributed by atoms with Crippen molar-refractivity contribution in [3.63, 3.8) is 0 Å². The summed E-state index contributed by atoms with van der Waals surface area (Å²) < 4.78 is 23.2. The van der Waals surface area contributed by atoms with Gasteiger partial charge in [0.15, 0.2) is 5.82 Å². The second kappa shape index (κ2) is 8.94. The molecule has 1 fully saturated rings. The lowest BCUT2D eigenvalue weighted by atomic mass is 10.0. The van der Waals surface area contributed by atoms with Crippen LogP contribution in [0.4, 0.5) is 10.2 Å². The average Bonchev–Trinajstić information content (AvgIpc) is 3.62. The molecule has 0 spiro atoms. The highest BCUT2D eigenvalue weighted by Gasteiger charge is 2.26. The maximum atomic E-state index is 15.3. The number of carbonyl (C=O) groups is 1. The van der Waals surface area contributed by atoms with Crippen LogP contribution in [0.3, 0.4) is 0 Å². The van der Waals surface area contributed by atoms with E-state index in [0.717, 1.165) is 43.7 Å². The van der Waals surface area contributed by atoms with Crippen molar-refractivity contribution in [2.75, 3.05) is 11.9 Å². The minimum atomic E-state index is -0.436. The third-order valence-electron chi connectivity index (χ3n) is 6.39. The maximum Gasteiger partial charge on any atom is 0.260 e. The van der Waals surface area contributed by atoms with Gasteiger partial charge in [0, 0.05) is 48.4 Å². The predicted molar refractivity (Wildman–Crippen MR) is 130 cm³/mol. The van der Waals surface area contributed by atoms with Crippen molar-refractivity contribution in [2.45, 2.75) is 38.1 Å². The van der Waals surface area contributed by atoms with Gasteiger partial charge in [-0.2, -0.15) is 0 Å². The molecule has 1 N–H and O–H groups in total. The highest BCUT2D eigenvalue weighted by atomic mass is 19.1. The van der Waals surface area contributed by atoms with Gasteiger partial charge in [-0.3, -0.25) is 9.78 Å². The van der Waals surface area contributed by atoms with Gasteiger partial charge < -0.3 is 14.6 Å². The number of nitrogens with zero attached hydrogens (tertiary/aromatic N) is 4. The SMILES string of the molecule is O=C1Nc2cccc(n2)-c2nccn2CCCCOc2cc(F)c(-c3ccnc(C4CC4)c3)cc21. The number of carbonyl (C=O) groups excluding carboxylic acids is 1. The minimum Gasteiger partial charge on any atom is -0.493 e. The summed E-state index contributed by atoms with van der Waals surface area (Å²) in [5.41, 5.74) is 2.93. The topological polar surface area (TPSA) is 81.9 Å². The zero-order valence-electron chi connectivity index (χ0n) is 19.1. The van der Waals surface area contributed by atoms with Crippen LogP contribution in [-0.4, -0.2) is 32.0 Å². The molecule has 7 nitrogen and oxygen atoms in total. The molecule has 176 valence electrons. The Morgan fingerprint density at radius 2 is 1.94 bits per heavy atom. The van der Waals surface area contributed by atoms with E-state index in [1.807, 2.05) is 29.0 Å². The third-order valence-corrected chi connectivity index (χ3v) is 6.39. The predicted octanol–water partition coefficient (Wildman–Crippen LogP) is 5.45. The largest absolute Gasteiger partial charge is 0.493 e. The van der Waals surface area contributed by atoms with E-state index >= 15 is 4.39 Å². The molecule has 0 radical (unpaired) electrons. The van der Waals surface area contributed by atoms with Gasteiger partial charge in [-0.25, -0.2) is 14.4 Å². The van der Waals surface area contributed by atoms with Crippen molar-refractivity contribution < 1.29 is 13.9 Å². The van der Waals surface area contributed by atoms with Gasteiger partial charge in [0.25, 0.3) is 5.91 Å². The van der Waals surface area contributed by atoms with Crippen LogP contribution in [0.15, 0.2) is 61.1 Å². The lowest BCUT2D eigenvalue weighted by Crippen LogP contribution is -2.16. The lowest BCUT2D eigenvalue weighted by molar-refractivity contribution is 0.102. The van der Waals surface area contributed by atoms with Crippen molar-refractivity contribution >= 4 is 11.7 Å². The van der Waals surface area contributed by atoms with E-state index in [2.05, 4.69) is 20.3 Å². The Bertz CT molecular complexity index is 1410. The number of aromatic nitrogens is 4. The van der Waals surface area contributed by atoms with Crippen molar-refractivity contribution in [1.29, 1.82) is 0 Å². The second-order valence-corrected chi connectivity index (χ2v) is 8.93. The first-order valence-corrected chi connectivity index (χ1v) is 11.9. The summed E-state index contributed by atoms with van der Waals surface area (Å²) in [6, 6.07) is 12.0. The fraction of sp³-hybridized carbons (Fsp3) is 0.259. The normalized spacial score (nSPS) is 15.9. The third kappa shape index (κ3) is 4.39. The van der Waals surface area contributed by atoms with Crippen molar-refractivity contribution in [2.24, 2.45) is 0 Å². The molecule has 0 unspecified atom stereocenters. The molecular weight excluding hydrogens is 445 g/mol. The Hall–Kier alpha value is -4.07. The smallest absolute Gasteiger partial charge is 0.260 e. The first kappa shape index (κ1) is 21.5. The second-order valence-electron chi connectivity index (χ2n) is 8.93. The number of nitrogens with one attached hydrogen (secondary N) is 1. The molecule has 0 saturated heterocycles. The summed E-state index contributed by atoms with van der Waals surface area (Å²) in [6.07, 6.45) is 9.14. The summed E-state index contributed by atoms with van der Waals surface area (Å²) in [5, 5.41) is 2.85. The Kier molecular flexibility index (Phi) is 5.48. The molecule has 6 rings (SSSR count). The van der Waals surface area contributed by atoms with E-state index < -0.39 is 11.7 Å². The van der Waals surface area contributed by atoms with Crippen LogP contribution < -0.4 is 10.1 Å². The highest BCUT2D eigenvalue weighted by molar-refractivity contribution is 6.06. The van der Waals surface area contributed by atoms with Gasteiger partial charge in [-0.1, -0.05) is 6.07 Å². The number of halogens is 1. The van der Waals surface area contributed by atoms with Crippen LogP contribution in [0.25, 0.3) is 22.6 Å². The number of benzene rings is 1. The molecule has 4 heterocycles. The Labute approximate surface area is 202 Å². The van der Waals surface area contributed by atoms with Gasteiger partial charge in [-0.05, 0) is 61.6 Å². The van der Waals surface area contributed by atoms with Gasteiger partial charge in [0.1, 0.15) is 23.1 Å². The molecule has 35 heavy (non-hydrogen) atoms. The van der Waals surface area contributed by atoms with Gasteiger partial charge in [0.05, 0.1) is 12.2 Å². The molecule has 1 amide bonds. The van der Waals surface area contributed by atoms with E-state index in [1.165, 1.54) is 6.07 Å². The van der Waals surface area contributed by atoms with Gasteiger partial charge in [0.2, 0.25) is 0 Å². The van der Waals surface area contributed by atoms with Crippen LogP contribution in [0.1, 0.15) is 47.7 Å². The molecule has 2 bridgehead atoms. The van der Waals surface area contributed by atoms with Crippen molar-refractivity contribution in [1.82, 2.24) is 19.5 Å². The molecule has 1 aliphatic carbocycles. The van der Waals surface area contributed by atoms with E-state index in [0.29, 0.717) is 35.2 Å². The summed E-state index contributed by atoms with van der Waals surface area (Å²) in [6.45, 7) is 1.12. The fourth-order valence-electron chi connectivity index (χ4n) is 4.39. The van der Waals surface area contributed by atoms with E-state index in [4.69, 9.17) is 4.74 Å². The molecule has 2 aliphatic rings. The summed E-state index contributed by atoms with van der Waals surface area (Å²) >= 11 is 0. The lowest BCUT2D eigenvalue weighted by Gasteiger charge is -2.16. The van der Waals surface area contributed by atoms with Crippen LogP contribution in [0, 0.1) is 5.82 Å². The van der Waals surface area contributed by atoms with E-state index in [1.54, 1.807) is 30.6 Å². The van der Waals surface area contributed by atoms with Gasteiger partial charge >= 0.3 is 0 Å². The Morgan fingerprint density at radius 3 is 2.83 bits per heavy atom. The number of amides is 1. The van der Waals surface area contributed by atoms with Crippen LogP contribution >= 0.6 is 0 Å². The monoisotopic (exact) mass is 469 g/mol. The fourth-order valence-corrected chi connectivity index (χ4v) is 4.39.